The van der Waals surface area contributed by atoms with Crippen LogP contribution in [-0.4, -0.2) is 5.71 Å². The predicted octanol–water partition coefficient (Wildman–Crippen LogP) is 11.4. The molecule has 232 valence electrons. The first-order chi connectivity index (χ1) is 23.8. The Morgan fingerprint density at radius 3 is 1.92 bits per heavy atom. The van der Waals surface area contributed by atoms with Crippen LogP contribution >= 0.6 is 0 Å². The van der Waals surface area contributed by atoms with Crippen molar-refractivity contribution in [3.63, 3.8) is 0 Å². The lowest BCUT2D eigenvalue weighted by molar-refractivity contribution is 0.353. The van der Waals surface area contributed by atoms with Crippen LogP contribution in [0.3, 0.4) is 0 Å². The number of aliphatic imine (C=N–C) groups is 1. The summed E-state index contributed by atoms with van der Waals surface area (Å²) in [6, 6.07) is 55.2. The Hall–Kier alpha value is -5.47. The lowest BCUT2D eigenvalue weighted by Crippen LogP contribution is -2.27. The zero-order valence-corrected chi connectivity index (χ0v) is 27.1. The van der Waals surface area contributed by atoms with Gasteiger partial charge in [-0.25, -0.2) is 0 Å². The average molecular weight is 619 g/mol. The van der Waals surface area contributed by atoms with Gasteiger partial charge in [0.1, 0.15) is 6.17 Å². The zero-order chi connectivity index (χ0) is 31.9. The second-order valence-corrected chi connectivity index (χ2v) is 13.5. The van der Waals surface area contributed by atoms with Crippen LogP contribution in [0.15, 0.2) is 163 Å². The third-order valence-corrected chi connectivity index (χ3v) is 10.7. The zero-order valence-electron chi connectivity index (χ0n) is 27.1. The van der Waals surface area contributed by atoms with Gasteiger partial charge in [0.25, 0.3) is 0 Å². The molecule has 0 bridgehead atoms. The van der Waals surface area contributed by atoms with E-state index in [0.29, 0.717) is 0 Å². The molecular formula is C46H38N2. The number of fused-ring (bicyclic) bond motifs is 5. The molecule has 1 aliphatic heterocycles. The molecule has 6 aromatic rings. The van der Waals surface area contributed by atoms with E-state index in [9.17, 15) is 0 Å². The summed E-state index contributed by atoms with van der Waals surface area (Å²) < 4.78 is 0. The van der Waals surface area contributed by atoms with E-state index in [2.05, 4.69) is 163 Å². The van der Waals surface area contributed by atoms with Crippen LogP contribution in [0.4, 0.5) is 0 Å². The van der Waals surface area contributed by atoms with Gasteiger partial charge in [-0.15, -0.1) is 0 Å². The second kappa shape index (κ2) is 12.0. The molecule has 6 aromatic carbocycles. The summed E-state index contributed by atoms with van der Waals surface area (Å²) >= 11 is 0. The summed E-state index contributed by atoms with van der Waals surface area (Å²) in [4.78, 5) is 5.30. The van der Waals surface area contributed by atoms with Crippen molar-refractivity contribution < 1.29 is 0 Å². The maximum atomic E-state index is 5.30. The van der Waals surface area contributed by atoms with Gasteiger partial charge in [-0.1, -0.05) is 165 Å². The van der Waals surface area contributed by atoms with Crippen LogP contribution < -0.4 is 5.32 Å². The number of hydrogen-bond acceptors (Lipinski definition) is 2. The minimum Gasteiger partial charge on any atom is -0.360 e. The second-order valence-electron chi connectivity index (χ2n) is 13.5. The molecule has 9 rings (SSSR count). The fourth-order valence-electron chi connectivity index (χ4n) is 8.41. The van der Waals surface area contributed by atoms with Crippen molar-refractivity contribution in [1.29, 1.82) is 0 Å². The summed E-state index contributed by atoms with van der Waals surface area (Å²) in [5.74, 6) is 0. The number of benzene rings is 6. The molecule has 0 amide bonds. The predicted molar refractivity (Wildman–Crippen MR) is 200 cm³/mol. The third-order valence-electron chi connectivity index (χ3n) is 10.7. The van der Waals surface area contributed by atoms with E-state index >= 15 is 0 Å². The molecular weight excluding hydrogens is 581 g/mol. The van der Waals surface area contributed by atoms with Crippen molar-refractivity contribution in [2.75, 3.05) is 0 Å². The van der Waals surface area contributed by atoms with E-state index in [4.69, 9.17) is 4.99 Å². The molecule has 0 radical (unpaired) electrons. The summed E-state index contributed by atoms with van der Waals surface area (Å²) in [5.41, 5.74) is 16.5. The summed E-state index contributed by atoms with van der Waals surface area (Å²) in [5, 5.41) is 3.74. The molecule has 1 N–H and O–H groups in total. The van der Waals surface area contributed by atoms with Crippen molar-refractivity contribution in [3.05, 3.63) is 186 Å². The fraction of sp³-hybridized carbons (Fsp3) is 0.152. The molecule has 1 atom stereocenters. The highest BCUT2D eigenvalue weighted by atomic mass is 15.1. The molecule has 1 spiro atoms. The lowest BCUT2D eigenvalue weighted by atomic mass is 9.68. The summed E-state index contributed by atoms with van der Waals surface area (Å²) in [7, 11) is 0. The van der Waals surface area contributed by atoms with E-state index in [1.165, 1.54) is 76.6 Å². The Kier molecular flexibility index (Phi) is 7.16. The Balaban J connectivity index is 1.13. The molecule has 48 heavy (non-hydrogen) atoms. The van der Waals surface area contributed by atoms with Gasteiger partial charge in [0.05, 0.1) is 5.71 Å². The van der Waals surface area contributed by atoms with E-state index in [1.54, 1.807) is 0 Å². The molecule has 0 saturated heterocycles. The topological polar surface area (TPSA) is 24.4 Å². The SMILES string of the molecule is C1=C(c2ccc(-c3ccccc3)cc2)NC(c2ccccc2)N=C1c1cccc(-c2cccc3c2-c2ccccc2C32CCCCC2)c1. The molecule has 1 fully saturated rings. The van der Waals surface area contributed by atoms with Gasteiger partial charge < -0.3 is 5.32 Å². The maximum Gasteiger partial charge on any atom is 0.145 e. The third kappa shape index (κ3) is 4.91. The minimum absolute atomic E-state index is 0.146. The van der Waals surface area contributed by atoms with Gasteiger partial charge >= 0.3 is 0 Å². The van der Waals surface area contributed by atoms with E-state index in [-0.39, 0.29) is 11.6 Å². The van der Waals surface area contributed by atoms with E-state index in [0.717, 1.165) is 28.1 Å². The van der Waals surface area contributed by atoms with Crippen LogP contribution in [0.2, 0.25) is 0 Å². The normalized spacial score (nSPS) is 17.5. The van der Waals surface area contributed by atoms with Gasteiger partial charge in [0.15, 0.2) is 0 Å². The smallest absolute Gasteiger partial charge is 0.145 e. The van der Waals surface area contributed by atoms with Crippen LogP contribution in [0.5, 0.6) is 0 Å². The monoisotopic (exact) mass is 618 g/mol. The summed E-state index contributed by atoms with van der Waals surface area (Å²) in [6.07, 6.45) is 8.46. The summed E-state index contributed by atoms with van der Waals surface area (Å²) in [6.45, 7) is 0. The molecule has 3 aliphatic rings. The Morgan fingerprint density at radius 1 is 0.500 bits per heavy atom. The van der Waals surface area contributed by atoms with Crippen LogP contribution in [-0.2, 0) is 5.41 Å². The number of allylic oxidation sites excluding steroid dienone is 1. The highest BCUT2D eigenvalue weighted by Crippen LogP contribution is 2.57. The van der Waals surface area contributed by atoms with Gasteiger partial charge in [-0.05, 0) is 80.6 Å². The number of rotatable bonds is 5. The van der Waals surface area contributed by atoms with Crippen molar-refractivity contribution in [3.8, 4) is 33.4 Å². The highest BCUT2D eigenvalue weighted by Gasteiger charge is 2.44. The van der Waals surface area contributed by atoms with E-state index in [1.807, 2.05) is 0 Å². The molecule has 0 aromatic heterocycles. The van der Waals surface area contributed by atoms with Crippen molar-refractivity contribution in [1.82, 2.24) is 5.32 Å². The molecule has 2 heteroatoms. The largest absolute Gasteiger partial charge is 0.360 e. The molecule has 1 unspecified atom stereocenters. The highest BCUT2D eigenvalue weighted by molar-refractivity contribution is 6.13. The van der Waals surface area contributed by atoms with Crippen LogP contribution in [0, 0.1) is 0 Å². The Bertz CT molecular complexity index is 2170. The molecule has 1 heterocycles. The lowest BCUT2D eigenvalue weighted by Gasteiger charge is -2.36. The van der Waals surface area contributed by atoms with Gasteiger partial charge in [-0.2, -0.15) is 0 Å². The number of nitrogens with zero attached hydrogens (tertiary/aromatic N) is 1. The van der Waals surface area contributed by atoms with Crippen LogP contribution in [0.1, 0.15) is 66.1 Å². The number of nitrogens with one attached hydrogen (secondary N) is 1. The van der Waals surface area contributed by atoms with E-state index < -0.39 is 0 Å². The van der Waals surface area contributed by atoms with Gasteiger partial charge in [0.2, 0.25) is 0 Å². The maximum absolute atomic E-state index is 5.30. The molecule has 2 nitrogen and oxygen atoms in total. The standard InChI is InChI=1S/C46H38N2/c1-4-14-32(15-5-1)33-24-26-34(27-25-33)42-31-43(48-45(47-42)35-16-6-2-7-17-35)37-19-12-18-36(30-37)38-21-13-23-41-44(38)39-20-8-9-22-40(39)46(41)28-10-3-11-29-46/h1-2,4-9,12-27,30-31,45,47H,3,10-11,28-29H2. The van der Waals surface area contributed by atoms with Crippen molar-refractivity contribution >= 4 is 11.4 Å². The van der Waals surface area contributed by atoms with Gasteiger partial charge in [0, 0.05) is 16.7 Å². The number of hydrogen-bond donors (Lipinski definition) is 1. The first-order valence-corrected chi connectivity index (χ1v) is 17.4. The molecule has 1 saturated carbocycles. The van der Waals surface area contributed by atoms with Crippen molar-refractivity contribution in [2.45, 2.75) is 43.7 Å². The first-order valence-electron chi connectivity index (χ1n) is 17.4. The quantitative estimate of drug-likeness (QED) is 0.204. The fourth-order valence-corrected chi connectivity index (χ4v) is 8.41. The van der Waals surface area contributed by atoms with Crippen LogP contribution in [0.25, 0.3) is 39.1 Å². The first kappa shape index (κ1) is 28.7. The average Bonchev–Trinajstić information content (AvgIpc) is 3.44. The van der Waals surface area contributed by atoms with Crippen molar-refractivity contribution in [2.24, 2.45) is 4.99 Å². The Morgan fingerprint density at radius 2 is 1.10 bits per heavy atom. The van der Waals surface area contributed by atoms with Gasteiger partial charge in [-0.3, -0.25) is 4.99 Å². The minimum atomic E-state index is -0.183. The Labute approximate surface area is 283 Å². The molecule has 2 aliphatic carbocycles.